The van der Waals surface area contributed by atoms with E-state index in [0.29, 0.717) is 24.8 Å². The fourth-order valence-corrected chi connectivity index (χ4v) is 1.18. The molecule has 0 amide bonds. The highest BCUT2D eigenvalue weighted by atomic mass is 16.5. The van der Waals surface area contributed by atoms with Crippen molar-refractivity contribution in [2.45, 2.75) is 19.4 Å². The molecule has 0 radical (unpaired) electrons. The molecular weight excluding hydrogens is 194 g/mol. The number of ether oxygens (including phenoxy) is 2. The van der Waals surface area contributed by atoms with Crippen LogP contribution in [0.3, 0.4) is 0 Å². The van der Waals surface area contributed by atoms with Gasteiger partial charge in [-0.25, -0.2) is 4.98 Å². The molecule has 0 saturated heterocycles. The van der Waals surface area contributed by atoms with Crippen LogP contribution in [0.15, 0.2) is 12.4 Å². The van der Waals surface area contributed by atoms with Gasteiger partial charge in [-0.3, -0.25) is 4.98 Å². The van der Waals surface area contributed by atoms with Gasteiger partial charge >= 0.3 is 0 Å². The monoisotopic (exact) mass is 211 g/mol. The molecule has 84 valence electrons. The zero-order chi connectivity index (χ0) is 11.1. The molecule has 5 heteroatoms. The van der Waals surface area contributed by atoms with Gasteiger partial charge in [-0.05, 0) is 6.42 Å². The van der Waals surface area contributed by atoms with Gasteiger partial charge in [0.05, 0.1) is 19.8 Å². The summed E-state index contributed by atoms with van der Waals surface area (Å²) < 4.78 is 10.4. The second-order valence-corrected chi connectivity index (χ2v) is 3.13. The highest BCUT2D eigenvalue weighted by Crippen LogP contribution is 2.17. The van der Waals surface area contributed by atoms with Crippen molar-refractivity contribution in [1.82, 2.24) is 9.97 Å². The van der Waals surface area contributed by atoms with Crippen LogP contribution < -0.4 is 10.5 Å². The van der Waals surface area contributed by atoms with E-state index in [1.165, 1.54) is 0 Å². The SMILES string of the molecule is CCCOCC(N)c1nccnc1OC. The van der Waals surface area contributed by atoms with Gasteiger partial charge in [0.2, 0.25) is 5.88 Å². The van der Waals surface area contributed by atoms with E-state index in [9.17, 15) is 0 Å². The van der Waals surface area contributed by atoms with Crippen molar-refractivity contribution >= 4 is 0 Å². The summed E-state index contributed by atoms with van der Waals surface area (Å²) in [6, 6.07) is -0.291. The smallest absolute Gasteiger partial charge is 0.237 e. The predicted molar refractivity (Wildman–Crippen MR) is 56.6 cm³/mol. The van der Waals surface area contributed by atoms with Crippen LogP contribution in [0.4, 0.5) is 0 Å². The third-order valence-electron chi connectivity index (χ3n) is 1.88. The summed E-state index contributed by atoms with van der Waals surface area (Å²) in [6.07, 6.45) is 4.14. The molecule has 1 unspecified atom stereocenters. The first-order valence-electron chi connectivity index (χ1n) is 4.97. The maximum atomic E-state index is 5.90. The lowest BCUT2D eigenvalue weighted by Gasteiger charge is -2.13. The Morgan fingerprint density at radius 2 is 2.13 bits per heavy atom. The normalized spacial score (nSPS) is 12.5. The second kappa shape index (κ2) is 6.31. The van der Waals surface area contributed by atoms with E-state index in [2.05, 4.69) is 16.9 Å². The number of hydrogen-bond donors (Lipinski definition) is 1. The molecule has 0 aromatic carbocycles. The first-order valence-corrected chi connectivity index (χ1v) is 4.97. The Kier molecular flexibility index (Phi) is 5.00. The van der Waals surface area contributed by atoms with Gasteiger partial charge in [-0.15, -0.1) is 0 Å². The van der Waals surface area contributed by atoms with E-state index < -0.39 is 0 Å². The molecule has 0 spiro atoms. The van der Waals surface area contributed by atoms with E-state index in [-0.39, 0.29) is 6.04 Å². The van der Waals surface area contributed by atoms with Crippen LogP contribution in [0.2, 0.25) is 0 Å². The maximum Gasteiger partial charge on any atom is 0.237 e. The molecule has 1 aromatic heterocycles. The fraction of sp³-hybridized carbons (Fsp3) is 0.600. The quantitative estimate of drug-likeness (QED) is 0.708. The van der Waals surface area contributed by atoms with Gasteiger partial charge in [0.25, 0.3) is 0 Å². The Morgan fingerprint density at radius 1 is 1.40 bits per heavy atom. The van der Waals surface area contributed by atoms with Gasteiger partial charge in [0.15, 0.2) is 0 Å². The average molecular weight is 211 g/mol. The first-order chi connectivity index (χ1) is 7.29. The average Bonchev–Trinajstić information content (AvgIpc) is 2.29. The molecule has 0 aliphatic heterocycles. The van der Waals surface area contributed by atoms with Gasteiger partial charge in [0, 0.05) is 19.0 Å². The topological polar surface area (TPSA) is 70.3 Å². The van der Waals surface area contributed by atoms with Crippen LogP contribution >= 0.6 is 0 Å². The zero-order valence-corrected chi connectivity index (χ0v) is 9.14. The van der Waals surface area contributed by atoms with Gasteiger partial charge in [0.1, 0.15) is 5.69 Å². The van der Waals surface area contributed by atoms with E-state index in [4.69, 9.17) is 15.2 Å². The maximum absolute atomic E-state index is 5.90. The summed E-state index contributed by atoms with van der Waals surface area (Å²) in [5.41, 5.74) is 6.54. The van der Waals surface area contributed by atoms with Crippen LogP contribution in [0, 0.1) is 0 Å². The lowest BCUT2D eigenvalue weighted by Crippen LogP contribution is -2.20. The van der Waals surface area contributed by atoms with E-state index in [1.54, 1.807) is 19.5 Å². The molecule has 0 aliphatic carbocycles. The Bertz CT molecular complexity index is 294. The second-order valence-electron chi connectivity index (χ2n) is 3.13. The molecule has 0 saturated carbocycles. The fourth-order valence-electron chi connectivity index (χ4n) is 1.18. The Morgan fingerprint density at radius 3 is 2.80 bits per heavy atom. The molecule has 0 aliphatic rings. The number of rotatable bonds is 6. The van der Waals surface area contributed by atoms with Crippen molar-refractivity contribution in [2.75, 3.05) is 20.3 Å². The molecule has 0 fully saturated rings. The number of hydrogen-bond acceptors (Lipinski definition) is 5. The van der Waals surface area contributed by atoms with Crippen LogP contribution in [0.5, 0.6) is 5.88 Å². The van der Waals surface area contributed by atoms with E-state index in [1.807, 2.05) is 0 Å². The molecule has 15 heavy (non-hydrogen) atoms. The van der Waals surface area contributed by atoms with Crippen molar-refractivity contribution in [1.29, 1.82) is 0 Å². The summed E-state index contributed by atoms with van der Waals surface area (Å²) in [4.78, 5) is 8.16. The van der Waals surface area contributed by atoms with Crippen LogP contribution in [0.25, 0.3) is 0 Å². The zero-order valence-electron chi connectivity index (χ0n) is 9.14. The first kappa shape index (κ1) is 11.9. The van der Waals surface area contributed by atoms with Crippen LogP contribution in [-0.4, -0.2) is 30.3 Å². The molecule has 1 atom stereocenters. The van der Waals surface area contributed by atoms with Crippen molar-refractivity contribution in [2.24, 2.45) is 5.73 Å². The minimum Gasteiger partial charge on any atom is -0.480 e. The summed E-state index contributed by atoms with van der Waals surface area (Å²) in [6.45, 7) is 3.19. The van der Waals surface area contributed by atoms with Crippen molar-refractivity contribution < 1.29 is 9.47 Å². The summed E-state index contributed by atoms with van der Waals surface area (Å²) in [5.74, 6) is 0.463. The number of nitrogens with zero attached hydrogens (tertiary/aromatic N) is 2. The molecule has 1 heterocycles. The summed E-state index contributed by atoms with van der Waals surface area (Å²) in [7, 11) is 1.55. The molecule has 5 nitrogen and oxygen atoms in total. The Labute approximate surface area is 89.6 Å². The van der Waals surface area contributed by atoms with Crippen molar-refractivity contribution in [3.8, 4) is 5.88 Å². The molecule has 2 N–H and O–H groups in total. The largest absolute Gasteiger partial charge is 0.480 e. The summed E-state index contributed by atoms with van der Waals surface area (Å²) >= 11 is 0. The molecule has 1 rings (SSSR count). The molecule has 1 aromatic rings. The van der Waals surface area contributed by atoms with Crippen LogP contribution in [-0.2, 0) is 4.74 Å². The third-order valence-corrected chi connectivity index (χ3v) is 1.88. The predicted octanol–water partition coefficient (Wildman–Crippen LogP) is 0.912. The molecular formula is C10H17N3O2. The standard InChI is InChI=1S/C10H17N3O2/c1-3-6-15-7-8(11)9-10(14-2)13-5-4-12-9/h4-5,8H,3,6-7,11H2,1-2H3. The third kappa shape index (κ3) is 3.45. The van der Waals surface area contributed by atoms with Crippen molar-refractivity contribution in [3.63, 3.8) is 0 Å². The highest BCUT2D eigenvalue weighted by molar-refractivity contribution is 5.20. The number of aromatic nitrogens is 2. The van der Waals surface area contributed by atoms with E-state index in [0.717, 1.165) is 6.42 Å². The van der Waals surface area contributed by atoms with Gasteiger partial charge in [-0.2, -0.15) is 0 Å². The van der Waals surface area contributed by atoms with Crippen LogP contribution in [0.1, 0.15) is 25.1 Å². The van der Waals surface area contributed by atoms with Gasteiger partial charge < -0.3 is 15.2 Å². The molecule has 0 bridgehead atoms. The number of methoxy groups -OCH3 is 1. The highest BCUT2D eigenvalue weighted by Gasteiger charge is 2.14. The van der Waals surface area contributed by atoms with E-state index >= 15 is 0 Å². The number of nitrogens with two attached hydrogens (primary N) is 1. The lowest BCUT2D eigenvalue weighted by molar-refractivity contribution is 0.120. The lowest BCUT2D eigenvalue weighted by atomic mass is 10.2. The minimum atomic E-state index is -0.291. The Balaban J connectivity index is 2.59. The Hall–Kier alpha value is -1.20. The van der Waals surface area contributed by atoms with Gasteiger partial charge in [-0.1, -0.05) is 6.92 Å². The van der Waals surface area contributed by atoms with Crippen molar-refractivity contribution in [3.05, 3.63) is 18.1 Å². The summed E-state index contributed by atoms with van der Waals surface area (Å²) in [5, 5.41) is 0. The minimum absolute atomic E-state index is 0.291.